The number of benzene rings is 1. The Morgan fingerprint density at radius 3 is 2.80 bits per heavy atom. The van der Waals surface area contributed by atoms with Crippen LogP contribution < -0.4 is 10.2 Å². The number of rotatable bonds is 5. The van der Waals surface area contributed by atoms with Gasteiger partial charge in [-0.05, 0) is 59.6 Å². The lowest BCUT2D eigenvalue weighted by Crippen LogP contribution is -2.29. The third-order valence-corrected chi connectivity index (χ3v) is 4.51. The van der Waals surface area contributed by atoms with E-state index < -0.39 is 0 Å². The smallest absolute Gasteiger partial charge is 0.0674 e. The molecular formula is C16H23BrN2O. The zero-order valence-corrected chi connectivity index (χ0v) is 14.0. The van der Waals surface area contributed by atoms with Crippen LogP contribution in [-0.2, 0) is 4.74 Å². The monoisotopic (exact) mass is 338 g/mol. The second kappa shape index (κ2) is 7.25. The molecule has 1 heterocycles. The van der Waals surface area contributed by atoms with Gasteiger partial charge in [0.15, 0.2) is 0 Å². The van der Waals surface area contributed by atoms with Crippen LogP contribution in [0.3, 0.4) is 0 Å². The number of nitrogens with zero attached hydrogens (tertiary/aromatic N) is 1. The topological polar surface area (TPSA) is 24.5 Å². The standard InChI is InChI=1S/C16H23BrN2O/c1-12(18-2)14-4-5-16(15(17)10-14)19-8-6-13(7-9-19)11-20-3/h4-6,10,12,18H,7-9,11H2,1-3H3. The van der Waals surface area contributed by atoms with Gasteiger partial charge < -0.3 is 15.0 Å². The van der Waals surface area contributed by atoms with Gasteiger partial charge in [-0.3, -0.25) is 0 Å². The van der Waals surface area contributed by atoms with Gasteiger partial charge in [-0.2, -0.15) is 0 Å². The van der Waals surface area contributed by atoms with Crippen LogP contribution in [0, 0.1) is 0 Å². The Labute approximate surface area is 130 Å². The minimum Gasteiger partial charge on any atom is -0.380 e. The van der Waals surface area contributed by atoms with E-state index in [1.807, 2.05) is 7.05 Å². The van der Waals surface area contributed by atoms with Crippen LogP contribution in [0.25, 0.3) is 0 Å². The van der Waals surface area contributed by atoms with E-state index >= 15 is 0 Å². The number of hydrogen-bond donors (Lipinski definition) is 1. The summed E-state index contributed by atoms with van der Waals surface area (Å²) in [4.78, 5) is 2.40. The van der Waals surface area contributed by atoms with Gasteiger partial charge in [0.05, 0.1) is 12.3 Å². The van der Waals surface area contributed by atoms with Crippen molar-refractivity contribution in [3.63, 3.8) is 0 Å². The van der Waals surface area contributed by atoms with Gasteiger partial charge in [-0.25, -0.2) is 0 Å². The summed E-state index contributed by atoms with van der Waals surface area (Å²) in [5.74, 6) is 0. The van der Waals surface area contributed by atoms with Crippen molar-refractivity contribution < 1.29 is 4.74 Å². The average Bonchev–Trinajstić information content (AvgIpc) is 2.47. The predicted octanol–water partition coefficient (Wildman–Crippen LogP) is 3.51. The van der Waals surface area contributed by atoms with Crippen LogP contribution in [0.4, 0.5) is 5.69 Å². The summed E-state index contributed by atoms with van der Waals surface area (Å²) < 4.78 is 6.36. The van der Waals surface area contributed by atoms with Gasteiger partial charge >= 0.3 is 0 Å². The summed E-state index contributed by atoms with van der Waals surface area (Å²) in [7, 11) is 3.74. The second-order valence-electron chi connectivity index (χ2n) is 5.21. The van der Waals surface area contributed by atoms with E-state index in [1.165, 1.54) is 21.3 Å². The van der Waals surface area contributed by atoms with Gasteiger partial charge in [-0.15, -0.1) is 0 Å². The Balaban J connectivity index is 2.11. The SMILES string of the molecule is CNC(C)c1ccc(N2CC=C(COC)CC2)c(Br)c1. The molecule has 0 aromatic heterocycles. The number of hydrogen-bond acceptors (Lipinski definition) is 3. The van der Waals surface area contributed by atoms with Crippen molar-refractivity contribution in [2.75, 3.05) is 38.8 Å². The Bertz CT molecular complexity index is 487. The molecule has 1 aromatic rings. The lowest BCUT2D eigenvalue weighted by molar-refractivity contribution is 0.222. The summed E-state index contributed by atoms with van der Waals surface area (Å²) in [5.41, 5.74) is 3.97. The third-order valence-electron chi connectivity index (χ3n) is 3.88. The van der Waals surface area contributed by atoms with Gasteiger partial charge in [-0.1, -0.05) is 12.1 Å². The molecule has 1 aliphatic heterocycles. The molecule has 0 saturated heterocycles. The maximum Gasteiger partial charge on any atom is 0.0674 e. The van der Waals surface area contributed by atoms with E-state index in [0.717, 1.165) is 26.1 Å². The highest BCUT2D eigenvalue weighted by molar-refractivity contribution is 9.10. The minimum atomic E-state index is 0.370. The van der Waals surface area contributed by atoms with E-state index in [1.54, 1.807) is 7.11 Å². The molecule has 0 amide bonds. The summed E-state index contributed by atoms with van der Waals surface area (Å²) in [6, 6.07) is 7.00. The molecule has 1 atom stereocenters. The molecule has 0 saturated carbocycles. The molecule has 0 bridgehead atoms. The lowest BCUT2D eigenvalue weighted by Gasteiger charge is -2.29. The van der Waals surface area contributed by atoms with E-state index in [2.05, 4.69) is 57.3 Å². The molecule has 3 nitrogen and oxygen atoms in total. The van der Waals surface area contributed by atoms with Crippen LogP contribution >= 0.6 is 15.9 Å². The first kappa shape index (κ1) is 15.5. The van der Waals surface area contributed by atoms with Crippen LogP contribution in [-0.4, -0.2) is 33.9 Å². The molecule has 1 N–H and O–H groups in total. The van der Waals surface area contributed by atoms with Crippen molar-refractivity contribution in [2.45, 2.75) is 19.4 Å². The molecule has 0 aliphatic carbocycles. The minimum absolute atomic E-state index is 0.370. The van der Waals surface area contributed by atoms with E-state index in [4.69, 9.17) is 4.74 Å². The average molecular weight is 339 g/mol. The largest absolute Gasteiger partial charge is 0.380 e. The second-order valence-corrected chi connectivity index (χ2v) is 6.07. The number of methoxy groups -OCH3 is 1. The first-order chi connectivity index (χ1) is 9.65. The molecular weight excluding hydrogens is 316 g/mol. The first-order valence-electron chi connectivity index (χ1n) is 7.04. The zero-order chi connectivity index (χ0) is 14.5. The highest BCUT2D eigenvalue weighted by atomic mass is 79.9. The molecule has 0 fully saturated rings. The first-order valence-corrected chi connectivity index (χ1v) is 7.83. The maximum atomic E-state index is 5.20. The molecule has 0 spiro atoms. The van der Waals surface area contributed by atoms with Crippen LogP contribution in [0.2, 0.25) is 0 Å². The summed E-state index contributed by atoms with van der Waals surface area (Å²) in [6.45, 7) is 4.93. The van der Waals surface area contributed by atoms with Crippen LogP contribution in [0.15, 0.2) is 34.3 Å². The van der Waals surface area contributed by atoms with Crippen molar-refractivity contribution in [1.82, 2.24) is 5.32 Å². The fourth-order valence-electron chi connectivity index (χ4n) is 2.46. The Hall–Kier alpha value is -0.840. The number of ether oxygens (including phenoxy) is 1. The molecule has 4 heteroatoms. The highest BCUT2D eigenvalue weighted by Crippen LogP contribution is 2.31. The zero-order valence-electron chi connectivity index (χ0n) is 12.4. The molecule has 1 unspecified atom stereocenters. The summed E-state index contributed by atoms with van der Waals surface area (Å²) in [6.07, 6.45) is 3.36. The Morgan fingerprint density at radius 2 is 2.25 bits per heavy atom. The van der Waals surface area contributed by atoms with E-state index in [9.17, 15) is 0 Å². The van der Waals surface area contributed by atoms with E-state index in [0.29, 0.717) is 6.04 Å². The maximum absolute atomic E-state index is 5.20. The molecule has 1 aliphatic rings. The third kappa shape index (κ3) is 3.62. The van der Waals surface area contributed by atoms with Crippen molar-refractivity contribution in [3.8, 4) is 0 Å². The molecule has 1 aromatic carbocycles. The van der Waals surface area contributed by atoms with E-state index in [-0.39, 0.29) is 0 Å². The van der Waals surface area contributed by atoms with Crippen molar-refractivity contribution in [2.24, 2.45) is 0 Å². The Morgan fingerprint density at radius 1 is 1.45 bits per heavy atom. The predicted molar refractivity (Wildman–Crippen MR) is 88.4 cm³/mol. The van der Waals surface area contributed by atoms with Gasteiger partial charge in [0, 0.05) is 30.7 Å². The number of nitrogens with one attached hydrogen (secondary N) is 1. The van der Waals surface area contributed by atoms with Crippen LogP contribution in [0.5, 0.6) is 0 Å². The molecule has 110 valence electrons. The molecule has 20 heavy (non-hydrogen) atoms. The fourth-order valence-corrected chi connectivity index (χ4v) is 3.11. The van der Waals surface area contributed by atoms with Gasteiger partial charge in [0.25, 0.3) is 0 Å². The lowest BCUT2D eigenvalue weighted by atomic mass is 10.1. The fraction of sp³-hybridized carbons (Fsp3) is 0.500. The summed E-state index contributed by atoms with van der Waals surface area (Å²) >= 11 is 3.71. The highest BCUT2D eigenvalue weighted by Gasteiger charge is 2.15. The van der Waals surface area contributed by atoms with Gasteiger partial charge in [0.2, 0.25) is 0 Å². The van der Waals surface area contributed by atoms with Crippen molar-refractivity contribution >= 4 is 21.6 Å². The van der Waals surface area contributed by atoms with Crippen molar-refractivity contribution in [1.29, 1.82) is 0 Å². The number of anilines is 1. The van der Waals surface area contributed by atoms with Crippen LogP contribution in [0.1, 0.15) is 24.9 Å². The number of halogens is 1. The van der Waals surface area contributed by atoms with Crippen molar-refractivity contribution in [3.05, 3.63) is 39.9 Å². The molecule has 2 rings (SSSR count). The molecule has 0 radical (unpaired) electrons. The van der Waals surface area contributed by atoms with Gasteiger partial charge in [0.1, 0.15) is 0 Å². The summed E-state index contributed by atoms with van der Waals surface area (Å²) in [5, 5.41) is 3.27. The Kier molecular flexibility index (Phi) is 5.64. The quantitative estimate of drug-likeness (QED) is 0.831. The normalized spacial score (nSPS) is 17.0.